The van der Waals surface area contributed by atoms with Gasteiger partial charge in [0.2, 0.25) is 0 Å². The molecule has 0 saturated carbocycles. The number of nitrogens with one attached hydrogen (secondary N) is 1. The number of hydrogen-bond donors (Lipinski definition) is 1. The van der Waals surface area contributed by atoms with Crippen LogP contribution >= 0.6 is 0 Å². The Bertz CT molecular complexity index is 740. The van der Waals surface area contributed by atoms with Crippen molar-refractivity contribution in [3.05, 3.63) is 47.2 Å². The number of H-pyrrole nitrogens is 1. The molecule has 2 rings (SSSR count). The average Bonchev–Trinajstić information content (AvgIpc) is 3.04. The van der Waals surface area contributed by atoms with E-state index in [-0.39, 0.29) is 23.6 Å². The number of esters is 1. The number of aromatic amines is 1. The molecule has 0 aliphatic rings. The lowest BCUT2D eigenvalue weighted by Crippen LogP contribution is -2.06. The number of aromatic nitrogens is 1. The zero-order valence-electron chi connectivity index (χ0n) is 16.2. The molecule has 0 spiro atoms. The molecule has 1 aromatic heterocycles. The van der Waals surface area contributed by atoms with E-state index >= 15 is 0 Å². The van der Waals surface area contributed by atoms with E-state index in [4.69, 9.17) is 4.74 Å². The van der Waals surface area contributed by atoms with E-state index in [1.54, 1.807) is 19.1 Å². The third-order valence-electron chi connectivity index (χ3n) is 4.64. The Morgan fingerprint density at radius 3 is 2.37 bits per heavy atom. The first kappa shape index (κ1) is 21.1. The van der Waals surface area contributed by atoms with Crippen molar-refractivity contribution in [2.24, 2.45) is 0 Å². The van der Waals surface area contributed by atoms with Gasteiger partial charge >= 0.3 is 5.97 Å². The van der Waals surface area contributed by atoms with Gasteiger partial charge in [0.15, 0.2) is 11.5 Å². The standard InChI is InChI=1S/C22H29F2NO2/c1-3-5-6-7-8-9-10-11-16-12-13-18(23)17(14-16)20-15-19(24)21(25-20)22(26)27-4-2/h12-15,25H,3-11H2,1-2H3. The normalized spacial score (nSPS) is 11.0. The summed E-state index contributed by atoms with van der Waals surface area (Å²) in [5, 5.41) is 0. The van der Waals surface area contributed by atoms with Gasteiger partial charge in [0.25, 0.3) is 0 Å². The monoisotopic (exact) mass is 377 g/mol. The number of hydrogen-bond acceptors (Lipinski definition) is 2. The number of rotatable bonds is 11. The van der Waals surface area contributed by atoms with Crippen LogP contribution in [-0.4, -0.2) is 17.6 Å². The number of aryl methyl sites for hydroxylation is 1. The molecule has 2 aromatic rings. The van der Waals surface area contributed by atoms with E-state index in [1.165, 1.54) is 38.2 Å². The van der Waals surface area contributed by atoms with Crippen LogP contribution in [-0.2, 0) is 11.2 Å². The van der Waals surface area contributed by atoms with Crippen LogP contribution in [0.1, 0.15) is 74.8 Å². The molecule has 0 unspecified atom stereocenters. The lowest BCUT2D eigenvalue weighted by Gasteiger charge is -2.06. The van der Waals surface area contributed by atoms with Gasteiger partial charge in [-0.15, -0.1) is 0 Å². The van der Waals surface area contributed by atoms with Crippen molar-refractivity contribution in [1.29, 1.82) is 0 Å². The van der Waals surface area contributed by atoms with Crippen molar-refractivity contribution in [2.75, 3.05) is 6.61 Å². The van der Waals surface area contributed by atoms with Crippen LogP contribution in [0.15, 0.2) is 24.3 Å². The lowest BCUT2D eigenvalue weighted by atomic mass is 10.0. The van der Waals surface area contributed by atoms with Crippen LogP contribution in [0, 0.1) is 11.6 Å². The van der Waals surface area contributed by atoms with Crippen molar-refractivity contribution in [3.63, 3.8) is 0 Å². The van der Waals surface area contributed by atoms with Gasteiger partial charge in [-0.25, -0.2) is 13.6 Å². The van der Waals surface area contributed by atoms with E-state index in [1.807, 2.05) is 0 Å². The molecule has 0 bridgehead atoms. The van der Waals surface area contributed by atoms with Gasteiger partial charge < -0.3 is 9.72 Å². The quantitative estimate of drug-likeness (QED) is 0.362. The second-order valence-electron chi connectivity index (χ2n) is 6.81. The second-order valence-corrected chi connectivity index (χ2v) is 6.81. The molecular formula is C22H29F2NO2. The van der Waals surface area contributed by atoms with Gasteiger partial charge in [-0.3, -0.25) is 0 Å². The zero-order valence-corrected chi connectivity index (χ0v) is 16.2. The molecule has 0 radical (unpaired) electrons. The molecule has 0 saturated heterocycles. The number of halogens is 2. The maximum Gasteiger partial charge on any atom is 0.357 e. The van der Waals surface area contributed by atoms with Crippen LogP contribution < -0.4 is 0 Å². The molecule has 1 aromatic carbocycles. The van der Waals surface area contributed by atoms with E-state index in [0.29, 0.717) is 0 Å². The maximum atomic E-state index is 14.2. The number of benzene rings is 1. The Kier molecular flexibility index (Phi) is 8.49. The predicted octanol–water partition coefficient (Wildman–Crippen LogP) is 6.43. The topological polar surface area (TPSA) is 42.1 Å². The minimum atomic E-state index is -0.777. The maximum absolute atomic E-state index is 14.2. The largest absolute Gasteiger partial charge is 0.461 e. The van der Waals surface area contributed by atoms with Crippen molar-refractivity contribution >= 4 is 5.97 Å². The summed E-state index contributed by atoms with van der Waals surface area (Å²) >= 11 is 0. The number of unbranched alkanes of at least 4 members (excludes halogenated alkanes) is 6. The summed E-state index contributed by atoms with van der Waals surface area (Å²) in [6.45, 7) is 4.00. The van der Waals surface area contributed by atoms with Crippen LogP contribution in [0.5, 0.6) is 0 Å². The summed E-state index contributed by atoms with van der Waals surface area (Å²) in [5.74, 6) is -1.96. The van der Waals surface area contributed by atoms with E-state index in [0.717, 1.165) is 30.9 Å². The third-order valence-corrected chi connectivity index (χ3v) is 4.64. The van der Waals surface area contributed by atoms with Gasteiger partial charge in [-0.2, -0.15) is 0 Å². The Labute approximate surface area is 160 Å². The number of ether oxygens (including phenoxy) is 1. The highest BCUT2D eigenvalue weighted by atomic mass is 19.1. The Morgan fingerprint density at radius 2 is 1.67 bits per heavy atom. The highest BCUT2D eigenvalue weighted by Crippen LogP contribution is 2.26. The predicted molar refractivity (Wildman–Crippen MR) is 104 cm³/mol. The SMILES string of the molecule is CCCCCCCCCc1ccc(F)c(-c2cc(F)c(C(=O)OCC)[nH]2)c1. The van der Waals surface area contributed by atoms with Crippen molar-refractivity contribution < 1.29 is 18.3 Å². The molecule has 0 fully saturated rings. The average molecular weight is 377 g/mol. The number of carbonyl (C=O) groups excluding carboxylic acids is 1. The first-order valence-corrected chi connectivity index (χ1v) is 9.91. The van der Waals surface area contributed by atoms with Gasteiger partial charge in [0, 0.05) is 11.6 Å². The first-order chi connectivity index (χ1) is 13.1. The van der Waals surface area contributed by atoms with Crippen molar-refractivity contribution in [3.8, 4) is 11.3 Å². The van der Waals surface area contributed by atoms with Crippen LogP contribution in [0.4, 0.5) is 8.78 Å². The summed E-state index contributed by atoms with van der Waals surface area (Å²) < 4.78 is 33.1. The fourth-order valence-electron chi connectivity index (χ4n) is 3.15. The smallest absolute Gasteiger partial charge is 0.357 e. The van der Waals surface area contributed by atoms with Crippen LogP contribution in [0.2, 0.25) is 0 Å². The van der Waals surface area contributed by atoms with Crippen LogP contribution in [0.25, 0.3) is 11.3 Å². The molecule has 1 heterocycles. The van der Waals surface area contributed by atoms with Crippen molar-refractivity contribution in [1.82, 2.24) is 4.98 Å². The van der Waals surface area contributed by atoms with Gasteiger partial charge in [0.05, 0.1) is 12.3 Å². The zero-order chi connectivity index (χ0) is 19.6. The lowest BCUT2D eigenvalue weighted by molar-refractivity contribution is 0.0515. The van der Waals surface area contributed by atoms with E-state index in [9.17, 15) is 13.6 Å². The Hall–Kier alpha value is -2.17. The van der Waals surface area contributed by atoms with E-state index < -0.39 is 17.6 Å². The highest BCUT2D eigenvalue weighted by molar-refractivity contribution is 5.89. The molecule has 5 heteroatoms. The van der Waals surface area contributed by atoms with Crippen molar-refractivity contribution in [2.45, 2.75) is 65.2 Å². The Balaban J connectivity index is 2.01. The summed E-state index contributed by atoms with van der Waals surface area (Å²) in [6.07, 6.45) is 9.37. The summed E-state index contributed by atoms with van der Waals surface area (Å²) in [7, 11) is 0. The molecule has 3 nitrogen and oxygen atoms in total. The number of carbonyl (C=O) groups is 1. The Morgan fingerprint density at radius 1 is 0.963 bits per heavy atom. The summed E-state index contributed by atoms with van der Waals surface area (Å²) in [5.41, 5.74) is 1.25. The molecule has 0 amide bonds. The molecule has 27 heavy (non-hydrogen) atoms. The minimum Gasteiger partial charge on any atom is -0.461 e. The summed E-state index contributed by atoms with van der Waals surface area (Å²) in [4.78, 5) is 14.4. The molecule has 0 atom stereocenters. The van der Waals surface area contributed by atoms with Gasteiger partial charge in [-0.05, 0) is 37.5 Å². The van der Waals surface area contributed by atoms with Gasteiger partial charge in [-0.1, -0.05) is 51.5 Å². The summed E-state index contributed by atoms with van der Waals surface area (Å²) in [6, 6.07) is 6.03. The first-order valence-electron chi connectivity index (χ1n) is 9.91. The molecule has 0 aliphatic heterocycles. The van der Waals surface area contributed by atoms with E-state index in [2.05, 4.69) is 11.9 Å². The second kappa shape index (κ2) is 10.9. The molecule has 148 valence electrons. The third kappa shape index (κ3) is 6.19. The highest BCUT2D eigenvalue weighted by Gasteiger charge is 2.19. The molecule has 0 aliphatic carbocycles. The van der Waals surface area contributed by atoms with Gasteiger partial charge in [0.1, 0.15) is 5.82 Å². The fraction of sp³-hybridized carbons (Fsp3) is 0.500. The fourth-order valence-corrected chi connectivity index (χ4v) is 3.15. The van der Waals surface area contributed by atoms with Crippen LogP contribution in [0.3, 0.4) is 0 Å². The molecule has 1 N–H and O–H groups in total. The minimum absolute atomic E-state index is 0.148. The molecular weight excluding hydrogens is 348 g/mol.